The highest BCUT2D eigenvalue weighted by Gasteiger charge is 2.48. The van der Waals surface area contributed by atoms with Crippen LogP contribution >= 0.6 is 0 Å². The lowest BCUT2D eigenvalue weighted by atomic mass is 9.80. The Kier molecular flexibility index (Phi) is 11.3. The van der Waals surface area contributed by atoms with Crippen LogP contribution in [0.15, 0.2) is 0 Å². The van der Waals surface area contributed by atoms with Gasteiger partial charge in [0.25, 0.3) is 0 Å². The minimum atomic E-state index is -2.50. The molecule has 1 rings (SSSR count). The van der Waals surface area contributed by atoms with E-state index in [0.717, 1.165) is 31.7 Å². The normalized spacial score (nSPS) is 19.8. The molecule has 0 unspecified atom stereocenters. The molecule has 0 radical (unpaired) electrons. The lowest BCUT2D eigenvalue weighted by molar-refractivity contribution is -0.306. The van der Waals surface area contributed by atoms with Gasteiger partial charge < -0.3 is 23.1 Å². The zero-order chi connectivity index (χ0) is 24.6. The molecular weight excluding hydrogens is 430 g/mol. The van der Waals surface area contributed by atoms with E-state index in [4.69, 9.17) is 22.9 Å². The van der Waals surface area contributed by atoms with Gasteiger partial charge in [0, 0.05) is 57.7 Å². The van der Waals surface area contributed by atoms with Crippen molar-refractivity contribution in [3.63, 3.8) is 0 Å². The molecule has 1 N–H and O–H groups in total. The van der Waals surface area contributed by atoms with Gasteiger partial charge in [0.05, 0.1) is 12.2 Å². The van der Waals surface area contributed by atoms with Crippen molar-refractivity contribution in [1.29, 1.82) is 0 Å². The summed E-state index contributed by atoms with van der Waals surface area (Å²) in [6.45, 7) is 12.0. The van der Waals surface area contributed by atoms with E-state index in [1.54, 1.807) is 35.2 Å². The van der Waals surface area contributed by atoms with E-state index in [1.165, 1.54) is 0 Å². The molecular formula is C23H47NO7Si. The molecule has 1 fully saturated rings. The van der Waals surface area contributed by atoms with Crippen LogP contribution in [0, 0.1) is 0 Å². The summed E-state index contributed by atoms with van der Waals surface area (Å²) in [6.07, 6.45) is 5.36. The third-order valence-electron chi connectivity index (χ3n) is 5.95. The SMILES string of the molecule is CO[Si](CCCCCCC(=O)OC1CC(C)(C)N(OCC(C)(C)O)C(C)(C)C1)(OC)OC. The first-order valence-electron chi connectivity index (χ1n) is 11.7. The fourth-order valence-electron chi connectivity index (χ4n) is 4.59. The van der Waals surface area contributed by atoms with Gasteiger partial charge in [0.15, 0.2) is 0 Å². The number of aliphatic hydroxyl groups is 1. The highest BCUT2D eigenvalue weighted by Crippen LogP contribution is 2.40. The zero-order valence-corrected chi connectivity index (χ0v) is 22.8. The summed E-state index contributed by atoms with van der Waals surface area (Å²) in [6, 6.07) is 0.777. The standard InChI is InChI=1S/C23H47NO7Si/c1-21(2)16-19(17-22(3,4)24(21)30-18-23(5,6)26)31-20(25)14-12-10-11-13-15-32(27-7,28-8)29-9/h19,26H,10-18H2,1-9H3. The molecule has 32 heavy (non-hydrogen) atoms. The molecule has 0 bridgehead atoms. The molecule has 1 saturated heterocycles. The molecule has 0 amide bonds. The molecule has 190 valence electrons. The number of hydrogen-bond donors (Lipinski definition) is 1. The van der Waals surface area contributed by atoms with Crippen molar-refractivity contribution in [2.45, 2.75) is 115 Å². The summed E-state index contributed by atoms with van der Waals surface area (Å²) in [5.41, 5.74) is -1.55. The smallest absolute Gasteiger partial charge is 0.462 e. The van der Waals surface area contributed by atoms with Gasteiger partial charge in [-0.05, 0) is 54.4 Å². The lowest BCUT2D eigenvalue weighted by Gasteiger charge is -2.53. The average Bonchev–Trinajstić information content (AvgIpc) is 2.65. The van der Waals surface area contributed by atoms with Crippen molar-refractivity contribution in [3.05, 3.63) is 0 Å². The summed E-state index contributed by atoms with van der Waals surface area (Å²) < 4.78 is 22.1. The summed E-state index contributed by atoms with van der Waals surface area (Å²) in [7, 11) is 2.38. The van der Waals surface area contributed by atoms with Crippen molar-refractivity contribution >= 4 is 14.8 Å². The number of piperidine rings is 1. The molecule has 0 aliphatic carbocycles. The minimum absolute atomic E-state index is 0.137. The van der Waals surface area contributed by atoms with Gasteiger partial charge >= 0.3 is 14.8 Å². The van der Waals surface area contributed by atoms with Gasteiger partial charge in [0.1, 0.15) is 6.10 Å². The van der Waals surface area contributed by atoms with Gasteiger partial charge in [0.2, 0.25) is 0 Å². The van der Waals surface area contributed by atoms with Crippen LogP contribution in [0.2, 0.25) is 6.04 Å². The topological polar surface area (TPSA) is 86.7 Å². The number of rotatable bonds is 14. The number of carbonyl (C=O) groups is 1. The Hall–Kier alpha value is -0.553. The number of ether oxygens (including phenoxy) is 1. The third kappa shape index (κ3) is 9.36. The fraction of sp³-hybridized carbons (Fsp3) is 0.957. The van der Waals surface area contributed by atoms with Gasteiger partial charge in [-0.25, -0.2) is 0 Å². The van der Waals surface area contributed by atoms with Gasteiger partial charge in [-0.1, -0.05) is 12.8 Å². The Labute approximate surface area is 196 Å². The van der Waals surface area contributed by atoms with E-state index in [0.29, 0.717) is 19.3 Å². The number of unbranched alkanes of at least 4 members (excludes halogenated alkanes) is 3. The zero-order valence-electron chi connectivity index (χ0n) is 21.8. The Morgan fingerprint density at radius 3 is 1.94 bits per heavy atom. The van der Waals surface area contributed by atoms with Gasteiger partial charge in [-0.3, -0.25) is 9.63 Å². The maximum atomic E-state index is 12.4. The Morgan fingerprint density at radius 2 is 1.47 bits per heavy atom. The second-order valence-corrected chi connectivity index (χ2v) is 13.8. The first-order chi connectivity index (χ1) is 14.7. The molecule has 0 aromatic carbocycles. The first kappa shape index (κ1) is 29.5. The molecule has 1 aliphatic rings. The molecule has 8 nitrogen and oxygen atoms in total. The molecule has 1 heterocycles. The largest absolute Gasteiger partial charge is 0.500 e. The number of esters is 1. The van der Waals surface area contributed by atoms with Crippen molar-refractivity contribution in [1.82, 2.24) is 5.06 Å². The number of hydroxylamine groups is 2. The highest BCUT2D eigenvalue weighted by molar-refractivity contribution is 6.60. The quantitative estimate of drug-likeness (QED) is 0.227. The average molecular weight is 478 g/mol. The van der Waals surface area contributed by atoms with Crippen LogP contribution in [0.25, 0.3) is 0 Å². The fourth-order valence-corrected chi connectivity index (χ4v) is 6.39. The van der Waals surface area contributed by atoms with E-state index < -0.39 is 14.4 Å². The van der Waals surface area contributed by atoms with Crippen molar-refractivity contribution < 1.29 is 32.8 Å². The van der Waals surface area contributed by atoms with Gasteiger partial charge in [-0.2, -0.15) is 5.06 Å². The van der Waals surface area contributed by atoms with Crippen LogP contribution in [0.4, 0.5) is 0 Å². The highest BCUT2D eigenvalue weighted by atomic mass is 28.4. The molecule has 0 aromatic heterocycles. The van der Waals surface area contributed by atoms with Crippen LogP contribution in [0.1, 0.15) is 86.5 Å². The summed E-state index contributed by atoms with van der Waals surface area (Å²) in [5.74, 6) is -0.137. The predicted octanol–water partition coefficient (Wildman–Crippen LogP) is 4.08. The number of nitrogens with zero attached hydrogens (tertiary/aromatic N) is 1. The third-order valence-corrected chi connectivity index (χ3v) is 8.78. The minimum Gasteiger partial charge on any atom is -0.462 e. The molecule has 1 aliphatic heterocycles. The van der Waals surface area contributed by atoms with Crippen LogP contribution in [0.5, 0.6) is 0 Å². The number of carbonyl (C=O) groups excluding carboxylic acids is 1. The first-order valence-corrected chi connectivity index (χ1v) is 13.6. The van der Waals surface area contributed by atoms with E-state index in [-0.39, 0.29) is 29.8 Å². The summed E-state index contributed by atoms with van der Waals surface area (Å²) in [4.78, 5) is 18.5. The molecule has 0 aromatic rings. The van der Waals surface area contributed by atoms with E-state index in [2.05, 4.69) is 27.7 Å². The molecule has 0 atom stereocenters. The summed E-state index contributed by atoms with van der Waals surface area (Å²) >= 11 is 0. The Balaban J connectivity index is 2.43. The van der Waals surface area contributed by atoms with Gasteiger partial charge in [-0.15, -0.1) is 0 Å². The van der Waals surface area contributed by atoms with Crippen LogP contribution in [-0.4, -0.2) is 75.7 Å². The van der Waals surface area contributed by atoms with Crippen LogP contribution < -0.4 is 0 Å². The van der Waals surface area contributed by atoms with Crippen LogP contribution in [-0.2, 0) is 27.6 Å². The maximum Gasteiger partial charge on any atom is 0.500 e. The molecule has 0 spiro atoms. The van der Waals surface area contributed by atoms with Crippen molar-refractivity contribution in [3.8, 4) is 0 Å². The second-order valence-electron chi connectivity index (χ2n) is 10.7. The molecule has 0 saturated carbocycles. The van der Waals surface area contributed by atoms with E-state index in [9.17, 15) is 9.90 Å². The van der Waals surface area contributed by atoms with Crippen LogP contribution in [0.3, 0.4) is 0 Å². The maximum absolute atomic E-state index is 12.4. The van der Waals surface area contributed by atoms with E-state index in [1.807, 2.05) is 5.06 Å². The van der Waals surface area contributed by atoms with Crippen molar-refractivity contribution in [2.24, 2.45) is 0 Å². The van der Waals surface area contributed by atoms with Crippen molar-refractivity contribution in [2.75, 3.05) is 27.9 Å². The number of hydrogen-bond acceptors (Lipinski definition) is 8. The van der Waals surface area contributed by atoms with E-state index >= 15 is 0 Å². The Bertz CT molecular complexity index is 547. The summed E-state index contributed by atoms with van der Waals surface area (Å²) in [5, 5.41) is 12.0. The monoisotopic (exact) mass is 477 g/mol. The second kappa shape index (κ2) is 12.2. The molecule has 9 heteroatoms. The predicted molar refractivity (Wildman–Crippen MR) is 126 cm³/mol. The lowest BCUT2D eigenvalue weighted by Crippen LogP contribution is -2.62. The Morgan fingerprint density at radius 1 is 0.969 bits per heavy atom.